The highest BCUT2D eigenvalue weighted by molar-refractivity contribution is 14.1. The van der Waals surface area contributed by atoms with Crippen LogP contribution in [0.5, 0.6) is 5.75 Å². The van der Waals surface area contributed by atoms with Crippen LogP contribution in [0.2, 0.25) is 0 Å². The molecule has 0 saturated heterocycles. The molecule has 0 fully saturated rings. The highest BCUT2D eigenvalue weighted by atomic mass is 127. The van der Waals surface area contributed by atoms with Crippen LogP contribution >= 0.6 is 22.6 Å². The van der Waals surface area contributed by atoms with E-state index >= 15 is 0 Å². The number of aromatic nitrogens is 1. The number of Topliss-reactive ketones (excluding diaryl/α,β-unsaturated/α-hetero) is 1. The van der Waals surface area contributed by atoms with Crippen LogP contribution in [0.25, 0.3) is 10.9 Å². The maximum Gasteiger partial charge on any atom is 0.227 e. The number of carbonyl (C=O) groups is 1. The summed E-state index contributed by atoms with van der Waals surface area (Å²) in [6.45, 7) is 0.324. The van der Waals surface area contributed by atoms with Crippen molar-refractivity contribution < 1.29 is 14.1 Å². The second kappa shape index (κ2) is 6.44. The largest absolute Gasteiger partial charge is 0.497 e. The molecule has 0 N–H and O–H groups in total. The van der Waals surface area contributed by atoms with Gasteiger partial charge in [-0.2, -0.15) is 4.57 Å². The second-order valence-electron chi connectivity index (χ2n) is 4.99. The van der Waals surface area contributed by atoms with Crippen LogP contribution < -0.4 is 9.30 Å². The number of hydrogen-bond donors (Lipinski definition) is 0. The zero-order valence-electron chi connectivity index (χ0n) is 12.1. The number of hydrogen-bond acceptors (Lipinski definition) is 2. The Balaban J connectivity index is 1.93. The summed E-state index contributed by atoms with van der Waals surface area (Å²) in [5, 5.41) is 1.05. The Morgan fingerprint density at radius 2 is 1.91 bits per heavy atom. The van der Waals surface area contributed by atoms with E-state index in [0.29, 0.717) is 6.54 Å². The van der Waals surface area contributed by atoms with Crippen LogP contribution in [0.1, 0.15) is 10.4 Å². The molecule has 0 amide bonds. The summed E-state index contributed by atoms with van der Waals surface area (Å²) >= 11 is 2.23. The molecule has 1 heterocycles. The molecule has 3 rings (SSSR count). The van der Waals surface area contributed by atoms with Gasteiger partial charge < -0.3 is 4.74 Å². The minimum atomic E-state index is 0.102. The average molecular weight is 404 g/mol. The first-order valence-electron chi connectivity index (χ1n) is 6.92. The Hall–Kier alpha value is -1.95. The lowest BCUT2D eigenvalue weighted by molar-refractivity contribution is -0.657. The summed E-state index contributed by atoms with van der Waals surface area (Å²) in [6.07, 6.45) is 1.93. The number of ketones is 1. The predicted molar refractivity (Wildman–Crippen MR) is 94.2 cm³/mol. The van der Waals surface area contributed by atoms with Gasteiger partial charge in [-0.25, -0.2) is 0 Å². The fourth-order valence-corrected chi connectivity index (χ4v) is 2.76. The molecule has 1 aromatic heterocycles. The highest BCUT2D eigenvalue weighted by Gasteiger charge is 2.15. The van der Waals surface area contributed by atoms with Crippen LogP contribution in [0.15, 0.2) is 60.8 Å². The van der Waals surface area contributed by atoms with E-state index in [1.54, 1.807) is 7.11 Å². The molecule has 0 bridgehead atoms. The molecule has 0 radical (unpaired) electrons. The molecule has 0 unspecified atom stereocenters. The van der Waals surface area contributed by atoms with E-state index in [9.17, 15) is 4.79 Å². The number of nitrogens with zero attached hydrogens (tertiary/aromatic N) is 1. The number of pyridine rings is 1. The van der Waals surface area contributed by atoms with Crippen molar-refractivity contribution in [2.24, 2.45) is 0 Å². The van der Waals surface area contributed by atoms with Gasteiger partial charge in [-0.3, -0.25) is 4.79 Å². The van der Waals surface area contributed by atoms with Crippen molar-refractivity contribution in [1.29, 1.82) is 0 Å². The summed E-state index contributed by atoms with van der Waals surface area (Å²) in [4.78, 5) is 12.4. The van der Waals surface area contributed by atoms with Crippen LogP contribution in [-0.2, 0) is 6.54 Å². The van der Waals surface area contributed by atoms with E-state index in [1.807, 2.05) is 65.4 Å². The van der Waals surface area contributed by atoms with Crippen LogP contribution in [-0.4, -0.2) is 12.9 Å². The molecule has 0 aliphatic carbocycles. The van der Waals surface area contributed by atoms with Gasteiger partial charge in [-0.05, 0) is 52.9 Å². The zero-order valence-corrected chi connectivity index (χ0v) is 14.3. The van der Waals surface area contributed by atoms with Crippen molar-refractivity contribution in [3.05, 3.63) is 69.9 Å². The second-order valence-corrected chi connectivity index (χ2v) is 6.24. The lowest BCUT2D eigenvalue weighted by Gasteiger charge is -2.04. The smallest absolute Gasteiger partial charge is 0.227 e. The van der Waals surface area contributed by atoms with Gasteiger partial charge in [0.25, 0.3) is 0 Å². The van der Waals surface area contributed by atoms with Gasteiger partial charge in [-0.1, -0.05) is 12.1 Å². The predicted octanol–water partition coefficient (Wildman–Crippen LogP) is 3.62. The molecule has 0 spiro atoms. The first-order chi connectivity index (χ1) is 10.7. The third-order valence-corrected chi connectivity index (χ3v) is 4.29. The summed E-state index contributed by atoms with van der Waals surface area (Å²) in [5.41, 5.74) is 1.75. The Labute approximate surface area is 142 Å². The van der Waals surface area contributed by atoms with Gasteiger partial charge in [0, 0.05) is 21.3 Å². The lowest BCUT2D eigenvalue weighted by Crippen LogP contribution is -2.38. The van der Waals surface area contributed by atoms with Gasteiger partial charge in [0.2, 0.25) is 17.8 Å². The molecular formula is C18H15INO2+. The molecule has 22 heavy (non-hydrogen) atoms. The van der Waals surface area contributed by atoms with E-state index in [0.717, 1.165) is 25.8 Å². The van der Waals surface area contributed by atoms with Crippen LogP contribution in [0.3, 0.4) is 0 Å². The minimum Gasteiger partial charge on any atom is -0.497 e. The zero-order chi connectivity index (χ0) is 15.5. The topological polar surface area (TPSA) is 30.2 Å². The maximum absolute atomic E-state index is 12.4. The van der Waals surface area contributed by atoms with Crippen molar-refractivity contribution in [2.45, 2.75) is 6.54 Å². The number of fused-ring (bicyclic) bond motifs is 1. The fourth-order valence-electron chi connectivity index (χ4n) is 2.41. The van der Waals surface area contributed by atoms with Gasteiger partial charge in [0.15, 0.2) is 6.20 Å². The Bertz CT molecular complexity index is 828. The van der Waals surface area contributed by atoms with Crippen LogP contribution in [0, 0.1) is 3.57 Å². The van der Waals surface area contributed by atoms with E-state index in [-0.39, 0.29) is 5.78 Å². The number of benzene rings is 2. The summed E-state index contributed by atoms with van der Waals surface area (Å²) in [5.74, 6) is 0.916. The third-order valence-electron chi connectivity index (χ3n) is 3.57. The van der Waals surface area contributed by atoms with Crippen molar-refractivity contribution in [2.75, 3.05) is 7.11 Å². The third kappa shape index (κ3) is 3.11. The SMILES string of the molecule is COc1ccc2c(ccc[n+]2CC(=O)c2ccc(I)cc2)c1. The summed E-state index contributed by atoms with van der Waals surface area (Å²) < 4.78 is 8.34. The average Bonchev–Trinajstić information content (AvgIpc) is 2.55. The molecule has 0 saturated carbocycles. The van der Waals surface area contributed by atoms with Gasteiger partial charge in [-0.15, -0.1) is 0 Å². The monoisotopic (exact) mass is 404 g/mol. The number of ether oxygens (including phenoxy) is 1. The molecule has 0 aliphatic heterocycles. The first-order valence-corrected chi connectivity index (χ1v) is 8.00. The molecule has 110 valence electrons. The van der Waals surface area contributed by atoms with E-state index in [4.69, 9.17) is 4.74 Å². The maximum atomic E-state index is 12.4. The molecule has 0 atom stereocenters. The number of carbonyl (C=O) groups excluding carboxylic acids is 1. The van der Waals surface area contributed by atoms with Crippen LogP contribution in [0.4, 0.5) is 0 Å². The van der Waals surface area contributed by atoms with E-state index < -0.39 is 0 Å². The normalized spacial score (nSPS) is 10.6. The van der Waals surface area contributed by atoms with E-state index in [2.05, 4.69) is 22.6 Å². The highest BCUT2D eigenvalue weighted by Crippen LogP contribution is 2.18. The quantitative estimate of drug-likeness (QED) is 0.378. The van der Waals surface area contributed by atoms with Crippen molar-refractivity contribution in [3.8, 4) is 5.75 Å². The molecule has 2 aromatic carbocycles. The van der Waals surface area contributed by atoms with E-state index in [1.165, 1.54) is 0 Å². The molecule has 3 aromatic rings. The summed E-state index contributed by atoms with van der Waals surface area (Å²) in [7, 11) is 1.65. The number of halogens is 1. The Kier molecular flexibility index (Phi) is 4.38. The lowest BCUT2D eigenvalue weighted by atomic mass is 10.1. The Morgan fingerprint density at radius 1 is 1.14 bits per heavy atom. The Morgan fingerprint density at radius 3 is 2.64 bits per heavy atom. The van der Waals surface area contributed by atoms with Crippen molar-refractivity contribution in [1.82, 2.24) is 0 Å². The molecular weight excluding hydrogens is 389 g/mol. The van der Waals surface area contributed by atoms with Crippen molar-refractivity contribution >= 4 is 39.3 Å². The number of methoxy groups -OCH3 is 1. The molecule has 4 heteroatoms. The first kappa shape index (κ1) is 15.0. The minimum absolute atomic E-state index is 0.102. The van der Waals surface area contributed by atoms with Crippen molar-refractivity contribution in [3.63, 3.8) is 0 Å². The fraction of sp³-hybridized carbons (Fsp3) is 0.111. The summed E-state index contributed by atoms with van der Waals surface area (Å²) in [6, 6.07) is 17.5. The molecule has 0 aliphatic rings. The van der Waals surface area contributed by atoms with Gasteiger partial charge in [0.1, 0.15) is 5.75 Å². The van der Waals surface area contributed by atoms with Gasteiger partial charge >= 0.3 is 0 Å². The standard InChI is InChI=1S/C18H15INO2/c1-22-16-8-9-17-14(11-16)3-2-10-20(17)12-18(21)13-4-6-15(19)7-5-13/h2-11H,12H2,1H3/q+1. The molecule has 3 nitrogen and oxygen atoms in total. The van der Waals surface area contributed by atoms with Gasteiger partial charge in [0.05, 0.1) is 12.5 Å². The number of rotatable bonds is 4.